The van der Waals surface area contributed by atoms with E-state index in [2.05, 4.69) is 68.2 Å². The highest BCUT2D eigenvalue weighted by Crippen LogP contribution is 2.28. The second-order valence-corrected chi connectivity index (χ2v) is 7.33. The first kappa shape index (κ1) is 18.0. The lowest BCUT2D eigenvalue weighted by atomic mass is 9.98. The molecule has 0 saturated carbocycles. The third-order valence-electron chi connectivity index (χ3n) is 5.22. The number of amides is 1. The van der Waals surface area contributed by atoms with Gasteiger partial charge in [0.1, 0.15) is 0 Å². The van der Waals surface area contributed by atoms with E-state index < -0.39 is 0 Å². The van der Waals surface area contributed by atoms with E-state index in [1.807, 2.05) is 18.5 Å². The molecule has 1 aliphatic carbocycles. The van der Waals surface area contributed by atoms with Crippen LogP contribution in [-0.2, 0) is 17.6 Å². The van der Waals surface area contributed by atoms with Crippen LogP contribution in [0.15, 0.2) is 78.9 Å². The number of carbonyl (C=O) groups is 1. The molecule has 5 rings (SSSR count). The van der Waals surface area contributed by atoms with Crippen LogP contribution in [0.4, 0.5) is 5.69 Å². The summed E-state index contributed by atoms with van der Waals surface area (Å²) in [6.07, 6.45) is 10.2. The van der Waals surface area contributed by atoms with Crippen LogP contribution >= 0.6 is 0 Å². The van der Waals surface area contributed by atoms with Crippen molar-refractivity contribution in [3.8, 4) is 11.1 Å². The molecule has 0 atom stereocenters. The predicted molar refractivity (Wildman–Crippen MR) is 116 cm³/mol. The summed E-state index contributed by atoms with van der Waals surface area (Å²) in [5.74, 6) is -0.103. The van der Waals surface area contributed by atoms with Crippen molar-refractivity contribution < 1.29 is 4.79 Å². The van der Waals surface area contributed by atoms with Crippen LogP contribution in [0.3, 0.4) is 0 Å². The van der Waals surface area contributed by atoms with E-state index in [1.165, 1.54) is 22.9 Å². The van der Waals surface area contributed by atoms with E-state index >= 15 is 0 Å². The summed E-state index contributed by atoms with van der Waals surface area (Å²) in [7, 11) is 0. The molecule has 0 fully saturated rings. The van der Waals surface area contributed by atoms with Crippen molar-refractivity contribution in [3.63, 3.8) is 0 Å². The van der Waals surface area contributed by atoms with Crippen molar-refractivity contribution in [2.24, 2.45) is 0 Å². The molecule has 30 heavy (non-hydrogen) atoms. The highest BCUT2D eigenvalue weighted by Gasteiger charge is 2.19. The highest BCUT2D eigenvalue weighted by atomic mass is 16.1. The molecular weight excluding hydrogens is 374 g/mol. The van der Waals surface area contributed by atoms with Crippen LogP contribution in [0.1, 0.15) is 22.3 Å². The van der Waals surface area contributed by atoms with Crippen molar-refractivity contribution in [1.29, 1.82) is 0 Å². The van der Waals surface area contributed by atoms with E-state index in [0.717, 1.165) is 28.7 Å². The van der Waals surface area contributed by atoms with Crippen LogP contribution in [0.2, 0.25) is 0 Å². The molecule has 6 heteroatoms. The number of benzene rings is 2. The average Bonchev–Trinajstić information content (AvgIpc) is 3.45. The normalized spacial score (nSPS) is 12.3. The van der Waals surface area contributed by atoms with Gasteiger partial charge in [-0.3, -0.25) is 9.89 Å². The summed E-state index contributed by atoms with van der Waals surface area (Å²) >= 11 is 0. The monoisotopic (exact) mass is 393 g/mol. The zero-order chi connectivity index (χ0) is 20.3. The van der Waals surface area contributed by atoms with Crippen molar-refractivity contribution in [1.82, 2.24) is 20.4 Å². The van der Waals surface area contributed by atoms with Crippen molar-refractivity contribution in [2.75, 3.05) is 5.32 Å². The standard InChI is InChI=1S/C24H19N5O/c30-24(29-23-6-7-25-28-15-23)21-11-19-5-4-17(10-20(19)12-21)8-16-2-1-3-18(9-16)22-13-26-27-14-22/h1-7,9-11,13-15H,8,12H2,(H,26,27)(H,25,29,30). The van der Waals surface area contributed by atoms with Crippen LogP contribution in [0.25, 0.3) is 17.2 Å². The Hall–Kier alpha value is -4.06. The molecule has 0 bridgehead atoms. The summed E-state index contributed by atoms with van der Waals surface area (Å²) < 4.78 is 0. The fraction of sp³-hybridized carbons (Fsp3) is 0.0833. The van der Waals surface area contributed by atoms with E-state index in [-0.39, 0.29) is 5.91 Å². The molecule has 146 valence electrons. The fourth-order valence-electron chi connectivity index (χ4n) is 3.73. The molecule has 2 aromatic carbocycles. The molecule has 6 nitrogen and oxygen atoms in total. The van der Waals surface area contributed by atoms with Crippen LogP contribution in [0.5, 0.6) is 0 Å². The minimum Gasteiger partial charge on any atom is -0.321 e. The average molecular weight is 393 g/mol. The van der Waals surface area contributed by atoms with E-state index in [4.69, 9.17) is 0 Å². The molecule has 0 spiro atoms. The smallest absolute Gasteiger partial charge is 0.251 e. The fourth-order valence-corrected chi connectivity index (χ4v) is 3.73. The molecule has 0 saturated heterocycles. The van der Waals surface area contributed by atoms with Gasteiger partial charge >= 0.3 is 0 Å². The van der Waals surface area contributed by atoms with Gasteiger partial charge in [-0.15, -0.1) is 0 Å². The minimum atomic E-state index is -0.103. The Morgan fingerprint density at radius 2 is 1.93 bits per heavy atom. The van der Waals surface area contributed by atoms with Gasteiger partial charge in [-0.1, -0.05) is 42.5 Å². The summed E-state index contributed by atoms with van der Waals surface area (Å²) in [6.45, 7) is 0. The molecule has 1 aliphatic rings. The Bertz CT molecular complexity index is 1230. The maximum absolute atomic E-state index is 12.6. The lowest BCUT2D eigenvalue weighted by Gasteiger charge is -2.07. The summed E-state index contributed by atoms with van der Waals surface area (Å²) in [4.78, 5) is 12.6. The number of hydrogen-bond acceptors (Lipinski definition) is 4. The topological polar surface area (TPSA) is 83.6 Å². The molecule has 2 aromatic heterocycles. The van der Waals surface area contributed by atoms with Gasteiger partial charge in [-0.05, 0) is 46.4 Å². The number of aromatic nitrogens is 4. The highest BCUT2D eigenvalue weighted by molar-refractivity contribution is 6.08. The Labute approximate surface area is 173 Å². The number of nitrogens with zero attached hydrogens (tertiary/aromatic N) is 3. The number of rotatable bonds is 5. The maximum atomic E-state index is 12.6. The number of anilines is 1. The predicted octanol–water partition coefficient (Wildman–Crippen LogP) is 4.04. The van der Waals surface area contributed by atoms with E-state index in [9.17, 15) is 4.79 Å². The molecule has 1 amide bonds. The van der Waals surface area contributed by atoms with Gasteiger partial charge in [0.05, 0.1) is 24.3 Å². The van der Waals surface area contributed by atoms with Gasteiger partial charge in [0, 0.05) is 23.8 Å². The van der Waals surface area contributed by atoms with E-state index in [0.29, 0.717) is 12.1 Å². The zero-order valence-electron chi connectivity index (χ0n) is 16.2. The number of nitrogens with one attached hydrogen (secondary N) is 2. The number of carbonyl (C=O) groups excluding carboxylic acids is 1. The summed E-state index contributed by atoms with van der Waals surface area (Å²) in [6, 6.07) is 16.6. The second-order valence-electron chi connectivity index (χ2n) is 7.33. The van der Waals surface area contributed by atoms with Gasteiger partial charge in [0.15, 0.2) is 0 Å². The lowest BCUT2D eigenvalue weighted by molar-refractivity contribution is -0.112. The van der Waals surface area contributed by atoms with Gasteiger partial charge in [0.2, 0.25) is 0 Å². The van der Waals surface area contributed by atoms with Gasteiger partial charge in [-0.2, -0.15) is 15.3 Å². The number of aromatic amines is 1. The first-order chi connectivity index (χ1) is 14.7. The Morgan fingerprint density at radius 3 is 2.77 bits per heavy atom. The van der Waals surface area contributed by atoms with Gasteiger partial charge in [-0.25, -0.2) is 0 Å². The Morgan fingerprint density at radius 1 is 1.00 bits per heavy atom. The molecule has 2 heterocycles. The second kappa shape index (κ2) is 7.75. The van der Waals surface area contributed by atoms with Gasteiger partial charge in [0.25, 0.3) is 5.91 Å². The SMILES string of the molecule is O=C(Nc1ccnnc1)C1=Cc2ccc(Cc3cccc(-c4cn[nH]c4)c3)cc2C1. The van der Waals surface area contributed by atoms with Crippen molar-refractivity contribution in [3.05, 3.63) is 101 Å². The molecule has 0 radical (unpaired) electrons. The summed E-state index contributed by atoms with van der Waals surface area (Å²) in [5.41, 5.74) is 8.37. The number of H-pyrrole nitrogens is 1. The minimum absolute atomic E-state index is 0.103. The molecule has 2 N–H and O–H groups in total. The Balaban J connectivity index is 1.30. The lowest BCUT2D eigenvalue weighted by Crippen LogP contribution is -2.14. The van der Waals surface area contributed by atoms with Crippen LogP contribution in [0, 0.1) is 0 Å². The summed E-state index contributed by atoms with van der Waals surface area (Å²) in [5, 5.41) is 17.3. The third-order valence-corrected chi connectivity index (χ3v) is 5.22. The largest absolute Gasteiger partial charge is 0.321 e. The van der Waals surface area contributed by atoms with Gasteiger partial charge < -0.3 is 5.32 Å². The molecular formula is C24H19N5O. The van der Waals surface area contributed by atoms with Crippen molar-refractivity contribution in [2.45, 2.75) is 12.8 Å². The van der Waals surface area contributed by atoms with Crippen molar-refractivity contribution >= 4 is 17.7 Å². The van der Waals surface area contributed by atoms with Crippen LogP contribution in [-0.4, -0.2) is 26.3 Å². The zero-order valence-corrected chi connectivity index (χ0v) is 16.2. The Kier molecular flexibility index (Phi) is 4.65. The quantitative estimate of drug-likeness (QED) is 0.536. The molecule has 4 aromatic rings. The number of hydrogen-bond donors (Lipinski definition) is 2. The number of fused-ring (bicyclic) bond motifs is 1. The first-order valence-corrected chi connectivity index (χ1v) is 9.73. The maximum Gasteiger partial charge on any atom is 0.251 e. The molecule has 0 aliphatic heterocycles. The third kappa shape index (κ3) is 3.75. The molecule has 0 unspecified atom stereocenters. The van der Waals surface area contributed by atoms with E-state index in [1.54, 1.807) is 12.3 Å². The first-order valence-electron chi connectivity index (χ1n) is 9.73. The van der Waals surface area contributed by atoms with Crippen LogP contribution < -0.4 is 5.32 Å².